The van der Waals surface area contributed by atoms with Crippen molar-refractivity contribution in [3.63, 3.8) is 0 Å². The Morgan fingerprint density at radius 2 is 1.83 bits per heavy atom. The maximum absolute atomic E-state index is 12.6. The summed E-state index contributed by atoms with van der Waals surface area (Å²) in [6.45, 7) is 0.0161. The molecule has 1 saturated heterocycles. The number of carboxylic acids is 1. The second-order valence-corrected chi connectivity index (χ2v) is 7.40. The van der Waals surface area contributed by atoms with Gasteiger partial charge in [-0.25, -0.2) is 8.42 Å². The Labute approximate surface area is 140 Å². The number of benzene rings is 1. The molecule has 1 amide bonds. The Bertz CT molecular complexity index is 693. The highest BCUT2D eigenvalue weighted by atomic mass is 32.2. The summed E-state index contributed by atoms with van der Waals surface area (Å²) < 4.78 is 31.5. The first kappa shape index (κ1) is 18.2. The summed E-state index contributed by atoms with van der Waals surface area (Å²) in [5.74, 6) is -1.25. The van der Waals surface area contributed by atoms with Crippen molar-refractivity contribution in [2.45, 2.75) is 17.7 Å². The number of amides is 1. The van der Waals surface area contributed by atoms with E-state index in [0.717, 1.165) is 0 Å². The zero-order valence-corrected chi connectivity index (χ0v) is 14.1. The van der Waals surface area contributed by atoms with Gasteiger partial charge >= 0.3 is 5.97 Å². The highest BCUT2D eigenvalue weighted by molar-refractivity contribution is 7.89. The van der Waals surface area contributed by atoms with Crippen LogP contribution in [0.5, 0.6) is 5.75 Å². The predicted octanol–water partition coefficient (Wildman–Crippen LogP) is 0.297. The van der Waals surface area contributed by atoms with Crippen molar-refractivity contribution in [1.29, 1.82) is 0 Å². The normalized spacial score (nSPS) is 16.5. The average Bonchev–Trinajstić information content (AvgIpc) is 2.59. The van der Waals surface area contributed by atoms with Crippen molar-refractivity contribution < 1.29 is 27.9 Å². The van der Waals surface area contributed by atoms with Crippen LogP contribution in [0.1, 0.15) is 12.8 Å². The molecule has 0 atom stereocenters. The van der Waals surface area contributed by atoms with E-state index in [1.807, 2.05) is 0 Å². The van der Waals surface area contributed by atoms with Crippen LogP contribution in [0.3, 0.4) is 0 Å². The third-order valence-electron chi connectivity index (χ3n) is 3.94. The third kappa shape index (κ3) is 4.24. The maximum Gasteiger partial charge on any atom is 0.322 e. The summed E-state index contributed by atoms with van der Waals surface area (Å²) in [4.78, 5) is 22.5. The first-order valence-corrected chi connectivity index (χ1v) is 8.92. The van der Waals surface area contributed by atoms with E-state index >= 15 is 0 Å². The molecule has 1 aromatic rings. The van der Waals surface area contributed by atoms with E-state index in [1.54, 1.807) is 12.1 Å². The lowest BCUT2D eigenvalue weighted by atomic mass is 9.97. The van der Waals surface area contributed by atoms with Crippen molar-refractivity contribution in [2.75, 3.05) is 26.7 Å². The van der Waals surface area contributed by atoms with Crippen LogP contribution in [0.2, 0.25) is 0 Å². The molecule has 0 aliphatic carbocycles. The van der Waals surface area contributed by atoms with Crippen LogP contribution in [0, 0.1) is 5.92 Å². The zero-order valence-electron chi connectivity index (χ0n) is 13.3. The lowest BCUT2D eigenvalue weighted by Crippen LogP contribution is -2.43. The van der Waals surface area contributed by atoms with Crippen molar-refractivity contribution in [3.05, 3.63) is 24.3 Å². The lowest BCUT2D eigenvalue weighted by Gasteiger charge is -2.30. The number of carbonyl (C=O) groups excluding carboxylic acids is 1. The maximum atomic E-state index is 12.6. The highest BCUT2D eigenvalue weighted by Gasteiger charge is 2.32. The number of nitrogens with zero attached hydrogens (tertiary/aromatic N) is 1. The van der Waals surface area contributed by atoms with E-state index in [9.17, 15) is 18.0 Å². The predicted molar refractivity (Wildman–Crippen MR) is 85.1 cm³/mol. The van der Waals surface area contributed by atoms with Crippen LogP contribution in [0.15, 0.2) is 29.2 Å². The van der Waals surface area contributed by atoms with Crippen LogP contribution >= 0.6 is 0 Å². The number of carbonyl (C=O) groups is 2. The number of rotatable bonds is 6. The molecule has 132 valence electrons. The number of nitrogens with one attached hydrogen (secondary N) is 1. The molecule has 1 fully saturated rings. The Kier molecular flexibility index (Phi) is 5.79. The minimum atomic E-state index is -3.61. The molecule has 8 nitrogen and oxygen atoms in total. The first-order valence-electron chi connectivity index (χ1n) is 7.48. The third-order valence-corrected chi connectivity index (χ3v) is 5.85. The van der Waals surface area contributed by atoms with Crippen molar-refractivity contribution in [3.8, 4) is 5.75 Å². The minimum Gasteiger partial charge on any atom is -0.497 e. The van der Waals surface area contributed by atoms with Gasteiger partial charge < -0.3 is 15.2 Å². The van der Waals surface area contributed by atoms with E-state index in [4.69, 9.17) is 9.84 Å². The second-order valence-electron chi connectivity index (χ2n) is 5.47. The fourth-order valence-electron chi connectivity index (χ4n) is 2.56. The molecule has 24 heavy (non-hydrogen) atoms. The molecule has 1 aliphatic heterocycles. The Hall–Kier alpha value is -2.13. The molecule has 0 unspecified atom stereocenters. The summed E-state index contributed by atoms with van der Waals surface area (Å²) >= 11 is 0. The molecule has 1 heterocycles. The van der Waals surface area contributed by atoms with Crippen molar-refractivity contribution >= 4 is 21.9 Å². The van der Waals surface area contributed by atoms with Crippen LogP contribution in [0.4, 0.5) is 0 Å². The Morgan fingerprint density at radius 1 is 1.25 bits per heavy atom. The second kappa shape index (κ2) is 7.63. The van der Waals surface area contributed by atoms with Crippen molar-refractivity contribution in [2.24, 2.45) is 5.92 Å². The summed E-state index contributed by atoms with van der Waals surface area (Å²) in [7, 11) is -2.11. The molecular weight excluding hydrogens is 336 g/mol. The number of ether oxygens (including phenoxy) is 1. The molecule has 0 saturated carbocycles. The van der Waals surface area contributed by atoms with Crippen LogP contribution < -0.4 is 10.1 Å². The number of sulfonamides is 1. The average molecular weight is 356 g/mol. The summed E-state index contributed by atoms with van der Waals surface area (Å²) in [5, 5.41) is 10.9. The molecule has 9 heteroatoms. The molecular formula is C15H20N2O6S. The summed E-state index contributed by atoms with van der Waals surface area (Å²) in [6, 6.07) is 6.14. The van der Waals surface area contributed by atoms with E-state index < -0.39 is 22.5 Å². The largest absolute Gasteiger partial charge is 0.497 e. The number of aliphatic carboxylic acids is 1. The Morgan fingerprint density at radius 3 is 2.33 bits per heavy atom. The van der Waals surface area contributed by atoms with Crippen molar-refractivity contribution in [1.82, 2.24) is 9.62 Å². The van der Waals surface area contributed by atoms with Gasteiger partial charge in [-0.3, -0.25) is 9.59 Å². The van der Waals surface area contributed by atoms with Gasteiger partial charge in [-0.05, 0) is 37.1 Å². The quantitative estimate of drug-likeness (QED) is 0.758. The standard InChI is InChI=1S/C15H20N2O6S/c1-23-12-2-4-13(5-3-12)24(21,22)17-8-6-11(7-9-17)15(20)16-10-14(18)19/h2-5,11H,6-10H2,1H3,(H,16,20)(H,18,19). The van der Waals surface area contributed by atoms with Gasteiger partial charge in [0.05, 0.1) is 12.0 Å². The van der Waals surface area contributed by atoms with Gasteiger partial charge in [0.2, 0.25) is 15.9 Å². The molecule has 1 aromatic carbocycles. The van der Waals surface area contributed by atoms with Gasteiger partial charge in [0, 0.05) is 19.0 Å². The number of hydrogen-bond acceptors (Lipinski definition) is 5. The topological polar surface area (TPSA) is 113 Å². The van der Waals surface area contributed by atoms with E-state index in [1.165, 1.54) is 23.5 Å². The van der Waals surface area contributed by atoms with Gasteiger partial charge in [0.15, 0.2) is 0 Å². The number of carboxylic acid groups (broad SMARTS) is 1. The van der Waals surface area contributed by atoms with Gasteiger partial charge in [-0.1, -0.05) is 0 Å². The highest BCUT2D eigenvalue weighted by Crippen LogP contribution is 2.25. The van der Waals surface area contributed by atoms with Gasteiger partial charge in [0.1, 0.15) is 12.3 Å². The van der Waals surface area contributed by atoms with Gasteiger partial charge in [-0.15, -0.1) is 0 Å². The molecule has 0 radical (unpaired) electrons. The minimum absolute atomic E-state index is 0.178. The molecule has 1 aliphatic rings. The smallest absolute Gasteiger partial charge is 0.322 e. The lowest BCUT2D eigenvalue weighted by molar-refractivity contribution is -0.138. The fourth-order valence-corrected chi connectivity index (χ4v) is 4.03. The number of piperidine rings is 1. The number of methoxy groups -OCH3 is 1. The monoisotopic (exact) mass is 356 g/mol. The zero-order chi connectivity index (χ0) is 17.7. The van der Waals surface area contributed by atoms with Crippen LogP contribution in [-0.2, 0) is 19.6 Å². The molecule has 2 rings (SSSR count). The van der Waals surface area contributed by atoms with E-state index in [2.05, 4.69) is 5.32 Å². The van der Waals surface area contributed by atoms with Crippen LogP contribution in [0.25, 0.3) is 0 Å². The molecule has 2 N–H and O–H groups in total. The Balaban J connectivity index is 1.97. The van der Waals surface area contributed by atoms with E-state index in [0.29, 0.717) is 18.6 Å². The first-order chi connectivity index (χ1) is 11.3. The SMILES string of the molecule is COc1ccc(S(=O)(=O)N2CCC(C(=O)NCC(=O)O)CC2)cc1. The van der Waals surface area contributed by atoms with E-state index in [-0.39, 0.29) is 29.8 Å². The molecule has 0 aromatic heterocycles. The van der Waals surface area contributed by atoms with Crippen LogP contribution in [-0.4, -0.2) is 56.5 Å². The van der Waals surface area contributed by atoms with Gasteiger partial charge in [0.25, 0.3) is 0 Å². The van der Waals surface area contributed by atoms with Gasteiger partial charge in [-0.2, -0.15) is 4.31 Å². The summed E-state index contributed by atoms with van der Waals surface area (Å²) in [6.07, 6.45) is 0.724. The summed E-state index contributed by atoms with van der Waals surface area (Å²) in [5.41, 5.74) is 0. The fraction of sp³-hybridized carbons (Fsp3) is 0.467. The number of hydrogen-bond donors (Lipinski definition) is 2. The molecule has 0 bridgehead atoms. The molecule has 0 spiro atoms.